The molecule has 0 bridgehead atoms. The van der Waals surface area contributed by atoms with Crippen molar-refractivity contribution in [3.8, 4) is 0 Å². The fourth-order valence-electron chi connectivity index (χ4n) is 2.54. The van der Waals surface area contributed by atoms with E-state index in [-0.39, 0.29) is 10.8 Å². The normalized spacial score (nSPS) is 16.5. The number of rotatable bonds is 5. The van der Waals surface area contributed by atoms with Crippen LogP contribution >= 0.6 is 0 Å². The van der Waals surface area contributed by atoms with E-state index in [2.05, 4.69) is 9.71 Å². The Bertz CT molecular complexity index is 929. The van der Waals surface area contributed by atoms with Crippen molar-refractivity contribution in [2.45, 2.75) is 17.7 Å². The van der Waals surface area contributed by atoms with Crippen LogP contribution in [0.25, 0.3) is 6.08 Å². The van der Waals surface area contributed by atoms with E-state index in [0.29, 0.717) is 23.7 Å². The molecule has 136 valence electrons. The lowest BCUT2D eigenvalue weighted by Crippen LogP contribution is -2.20. The van der Waals surface area contributed by atoms with Crippen LogP contribution < -0.4 is 5.32 Å². The quantitative estimate of drug-likeness (QED) is 0.814. The van der Waals surface area contributed by atoms with Gasteiger partial charge in [-0.05, 0) is 48.9 Å². The summed E-state index contributed by atoms with van der Waals surface area (Å²) in [5, 5.41) is 2.66. The average Bonchev–Trinajstić information content (AvgIpc) is 3.26. The highest BCUT2D eigenvalue weighted by Crippen LogP contribution is 2.19. The molecule has 1 aromatic heterocycles. The summed E-state index contributed by atoms with van der Waals surface area (Å²) in [6.07, 6.45) is 5.96. The van der Waals surface area contributed by atoms with Gasteiger partial charge in [-0.2, -0.15) is 8.42 Å². The Morgan fingerprint density at radius 1 is 1.27 bits per heavy atom. The lowest BCUT2D eigenvalue weighted by atomic mass is 10.3. The summed E-state index contributed by atoms with van der Waals surface area (Å²) < 4.78 is 33.8. The van der Waals surface area contributed by atoms with Gasteiger partial charge in [0.2, 0.25) is 5.91 Å². The van der Waals surface area contributed by atoms with Crippen molar-refractivity contribution in [2.75, 3.05) is 18.9 Å². The van der Waals surface area contributed by atoms with Crippen molar-refractivity contribution in [3.63, 3.8) is 0 Å². The van der Waals surface area contributed by atoms with Crippen LogP contribution in [0.15, 0.2) is 62.4 Å². The number of nitrogens with zero attached hydrogens (tertiary/aromatic N) is 2. The fraction of sp³-hybridized carbons (Fsp3) is 0.222. The van der Waals surface area contributed by atoms with Gasteiger partial charge in [0.15, 0.2) is 0 Å². The predicted octanol–water partition coefficient (Wildman–Crippen LogP) is 2.74. The first kappa shape index (κ1) is 17.9. The number of furan rings is 1. The summed E-state index contributed by atoms with van der Waals surface area (Å²) in [5.41, 5.74) is 0.490. The zero-order valence-electron chi connectivity index (χ0n) is 14.3. The number of sulfonamides is 1. The second kappa shape index (κ2) is 7.57. The van der Waals surface area contributed by atoms with Crippen LogP contribution in [0.4, 0.5) is 5.69 Å². The molecule has 1 N–H and O–H groups in total. The Morgan fingerprint density at radius 3 is 2.65 bits per heavy atom. The Morgan fingerprint density at radius 2 is 2.04 bits per heavy atom. The van der Waals surface area contributed by atoms with E-state index in [4.69, 9.17) is 4.42 Å². The van der Waals surface area contributed by atoms with Gasteiger partial charge in [-0.25, -0.2) is 0 Å². The molecule has 0 spiro atoms. The van der Waals surface area contributed by atoms with Gasteiger partial charge in [-0.3, -0.25) is 4.79 Å². The molecule has 2 aromatic rings. The predicted molar refractivity (Wildman–Crippen MR) is 99.3 cm³/mol. The van der Waals surface area contributed by atoms with Gasteiger partial charge in [0.05, 0.1) is 11.2 Å². The highest BCUT2D eigenvalue weighted by molar-refractivity contribution is 7.90. The van der Waals surface area contributed by atoms with E-state index in [0.717, 1.165) is 13.0 Å². The molecule has 1 fully saturated rings. The Labute approximate surface area is 152 Å². The summed E-state index contributed by atoms with van der Waals surface area (Å²) in [7, 11) is -1.92. The number of likely N-dealkylation sites (tertiary alicyclic amines) is 1. The number of anilines is 1. The molecule has 1 aromatic carbocycles. The lowest BCUT2D eigenvalue weighted by molar-refractivity contribution is -0.111. The van der Waals surface area contributed by atoms with Gasteiger partial charge < -0.3 is 14.6 Å². The molecule has 0 atom stereocenters. The SMILES string of the molecule is CN1CCC/C1=N/S(=O)(=O)c1ccc(NC(=O)/C=C/c2ccco2)cc1. The Hall–Kier alpha value is -2.87. The smallest absolute Gasteiger partial charge is 0.283 e. The number of benzene rings is 1. The molecule has 8 heteroatoms. The molecule has 2 heterocycles. The number of carbonyl (C=O) groups excluding carboxylic acids is 1. The first-order valence-corrected chi connectivity index (χ1v) is 9.56. The fourth-order valence-corrected chi connectivity index (χ4v) is 3.63. The summed E-state index contributed by atoms with van der Waals surface area (Å²) in [6, 6.07) is 9.38. The lowest BCUT2D eigenvalue weighted by Gasteiger charge is -2.11. The first-order chi connectivity index (χ1) is 12.4. The van der Waals surface area contributed by atoms with Gasteiger partial charge in [-0.15, -0.1) is 4.40 Å². The van der Waals surface area contributed by atoms with Gasteiger partial charge in [-0.1, -0.05) is 0 Å². The van der Waals surface area contributed by atoms with Crippen LogP contribution in [0.1, 0.15) is 18.6 Å². The minimum atomic E-state index is -3.75. The molecule has 0 aliphatic carbocycles. The van der Waals surface area contributed by atoms with Crippen molar-refractivity contribution < 1.29 is 17.6 Å². The van der Waals surface area contributed by atoms with Crippen molar-refractivity contribution in [1.29, 1.82) is 0 Å². The second-order valence-corrected chi connectivity index (χ2v) is 7.47. The molecular formula is C18H19N3O4S. The Balaban J connectivity index is 1.67. The Kier molecular flexibility index (Phi) is 5.22. The molecule has 1 aliphatic heterocycles. The third-order valence-electron chi connectivity index (χ3n) is 3.92. The van der Waals surface area contributed by atoms with Gasteiger partial charge >= 0.3 is 0 Å². The number of hydrogen-bond acceptors (Lipinski definition) is 4. The first-order valence-electron chi connectivity index (χ1n) is 8.12. The molecule has 3 rings (SSSR count). The molecule has 1 saturated heterocycles. The van der Waals surface area contributed by atoms with Gasteiger partial charge in [0.1, 0.15) is 11.6 Å². The molecule has 7 nitrogen and oxygen atoms in total. The summed E-state index contributed by atoms with van der Waals surface area (Å²) in [6.45, 7) is 0.810. The van der Waals surface area contributed by atoms with Gasteiger partial charge in [0.25, 0.3) is 10.0 Å². The van der Waals surface area contributed by atoms with E-state index >= 15 is 0 Å². The van der Waals surface area contributed by atoms with E-state index in [1.54, 1.807) is 18.2 Å². The maximum Gasteiger partial charge on any atom is 0.283 e. The number of hydrogen-bond donors (Lipinski definition) is 1. The average molecular weight is 373 g/mol. The maximum atomic E-state index is 12.4. The van der Waals surface area contributed by atoms with E-state index in [1.807, 2.05) is 11.9 Å². The zero-order chi connectivity index (χ0) is 18.6. The number of amides is 1. The molecule has 26 heavy (non-hydrogen) atoms. The maximum absolute atomic E-state index is 12.4. The molecule has 0 unspecified atom stereocenters. The van der Waals surface area contributed by atoms with Crippen molar-refractivity contribution in [2.24, 2.45) is 4.40 Å². The monoisotopic (exact) mass is 373 g/mol. The second-order valence-electron chi connectivity index (χ2n) is 5.87. The molecule has 1 amide bonds. The van der Waals surface area contributed by atoms with Crippen molar-refractivity contribution in [3.05, 3.63) is 54.5 Å². The van der Waals surface area contributed by atoms with Crippen LogP contribution in [0.2, 0.25) is 0 Å². The topological polar surface area (TPSA) is 92.0 Å². The molecule has 0 radical (unpaired) electrons. The number of amidine groups is 1. The van der Waals surface area contributed by atoms with Crippen molar-refractivity contribution >= 4 is 33.5 Å². The van der Waals surface area contributed by atoms with E-state index in [1.165, 1.54) is 36.6 Å². The van der Waals surface area contributed by atoms with Crippen LogP contribution in [0, 0.1) is 0 Å². The third-order valence-corrected chi connectivity index (χ3v) is 5.24. The van der Waals surface area contributed by atoms with E-state index in [9.17, 15) is 13.2 Å². The van der Waals surface area contributed by atoms with Crippen LogP contribution in [0.5, 0.6) is 0 Å². The van der Waals surface area contributed by atoms with Crippen molar-refractivity contribution in [1.82, 2.24) is 4.90 Å². The largest absolute Gasteiger partial charge is 0.465 e. The minimum absolute atomic E-state index is 0.0921. The van der Waals surface area contributed by atoms with E-state index < -0.39 is 10.0 Å². The standard InChI is InChI=1S/C18H19N3O4S/c1-21-12-2-5-17(21)20-26(23,24)16-9-6-14(7-10-16)19-18(22)11-8-15-4-3-13-25-15/h3-4,6-11,13H,2,5,12H2,1H3,(H,19,22)/b11-8+,20-17-. The summed E-state index contributed by atoms with van der Waals surface area (Å²) in [5.74, 6) is 0.799. The summed E-state index contributed by atoms with van der Waals surface area (Å²) >= 11 is 0. The zero-order valence-corrected chi connectivity index (χ0v) is 15.1. The minimum Gasteiger partial charge on any atom is -0.465 e. The molecule has 1 aliphatic rings. The van der Waals surface area contributed by atoms with Gasteiger partial charge in [0, 0.05) is 31.8 Å². The van der Waals surface area contributed by atoms with Crippen LogP contribution in [-0.4, -0.2) is 38.7 Å². The van der Waals surface area contributed by atoms with Crippen LogP contribution in [0.3, 0.4) is 0 Å². The molecular weight excluding hydrogens is 354 g/mol. The highest BCUT2D eigenvalue weighted by atomic mass is 32.2. The number of carbonyl (C=O) groups is 1. The van der Waals surface area contributed by atoms with Crippen LogP contribution in [-0.2, 0) is 14.8 Å². The highest BCUT2D eigenvalue weighted by Gasteiger charge is 2.20. The summed E-state index contributed by atoms with van der Waals surface area (Å²) in [4.78, 5) is 13.8. The third kappa shape index (κ3) is 4.40. The molecule has 0 saturated carbocycles. The number of nitrogens with one attached hydrogen (secondary N) is 1.